The molecule has 1 amide bonds. The zero-order chi connectivity index (χ0) is 30.5. The Balaban J connectivity index is 1.94. The van der Waals surface area contributed by atoms with Crippen LogP contribution < -0.4 is 21.2 Å². The molecule has 0 fully saturated rings. The van der Waals surface area contributed by atoms with Crippen LogP contribution in [0.1, 0.15) is 53.4 Å². The second kappa shape index (κ2) is 13.0. The molecule has 0 saturated heterocycles. The minimum atomic E-state index is -4.56. The van der Waals surface area contributed by atoms with Crippen LogP contribution in [0.5, 0.6) is 0 Å². The molecule has 3 rings (SSSR count). The topological polar surface area (TPSA) is 81.2 Å². The van der Waals surface area contributed by atoms with Gasteiger partial charge in [0.15, 0.2) is 0 Å². The van der Waals surface area contributed by atoms with Crippen LogP contribution in [0.25, 0.3) is 0 Å². The number of hydrogen-bond acceptors (Lipinski definition) is 7. The Morgan fingerprint density at radius 2 is 1.93 bits per heavy atom. The zero-order valence-electron chi connectivity index (χ0n) is 24.4. The molecule has 220 valence electrons. The summed E-state index contributed by atoms with van der Waals surface area (Å²) in [6.07, 6.45) is 0.705. The Morgan fingerprint density at radius 3 is 2.54 bits per heavy atom. The van der Waals surface area contributed by atoms with Gasteiger partial charge < -0.3 is 15.4 Å². The zero-order valence-corrected chi connectivity index (χ0v) is 24.4. The Morgan fingerprint density at radius 1 is 1.22 bits per heavy atom. The normalized spacial score (nSPS) is 14.5. The summed E-state index contributed by atoms with van der Waals surface area (Å²) in [5.74, 6) is 0.147. The maximum atomic E-state index is 13.8. The predicted molar refractivity (Wildman–Crippen MR) is 157 cm³/mol. The Labute approximate surface area is 239 Å². The summed E-state index contributed by atoms with van der Waals surface area (Å²) in [6.45, 7) is 12.8. The summed E-state index contributed by atoms with van der Waals surface area (Å²) in [6, 6.07) is 7.73. The van der Waals surface area contributed by atoms with Gasteiger partial charge in [0.25, 0.3) is 5.91 Å². The summed E-state index contributed by atoms with van der Waals surface area (Å²) < 4.78 is 46.7. The number of nitrogens with one attached hydrogen (secondary N) is 3. The number of likely N-dealkylation sites (N-methyl/N-ethyl adjacent to an activating group) is 1. The van der Waals surface area contributed by atoms with Crippen molar-refractivity contribution in [3.8, 4) is 0 Å². The highest BCUT2D eigenvalue weighted by atomic mass is 19.4. The second-order valence-corrected chi connectivity index (χ2v) is 10.1. The van der Waals surface area contributed by atoms with E-state index in [4.69, 9.17) is 4.74 Å². The standard InChI is InChI=1S/C30H37F3N6O2/c1-18(2)35-16-23-12-25(14-26(21(23)5)30(31,32)33)36-29(40)22-10-9-19(3)27(13-22)39-17-28(38(7)37-39)24(15-34-6)11-20(4)41-8/h9-15,17-18,35,37H,6,16H2,1-5,7-8H3,(H,36,40)/b20-11+,24-15+. The molecule has 8 nitrogen and oxygen atoms in total. The number of carbonyl (C=O) groups is 1. The van der Waals surface area contributed by atoms with Crippen molar-refractivity contribution in [1.29, 1.82) is 0 Å². The van der Waals surface area contributed by atoms with Crippen molar-refractivity contribution in [2.24, 2.45) is 4.99 Å². The van der Waals surface area contributed by atoms with E-state index in [1.165, 1.54) is 6.92 Å². The number of aryl methyl sites for hydroxylation is 1. The number of halogens is 3. The third-order valence-electron chi connectivity index (χ3n) is 6.59. The molecule has 0 radical (unpaired) electrons. The monoisotopic (exact) mass is 570 g/mol. The van der Waals surface area contributed by atoms with Gasteiger partial charge in [-0.15, -0.1) is 5.53 Å². The fourth-order valence-corrected chi connectivity index (χ4v) is 4.25. The lowest BCUT2D eigenvalue weighted by atomic mass is 10.00. The molecule has 1 heterocycles. The van der Waals surface area contributed by atoms with E-state index in [2.05, 4.69) is 27.9 Å². The largest absolute Gasteiger partial charge is 0.501 e. The van der Waals surface area contributed by atoms with Crippen molar-refractivity contribution < 1.29 is 22.7 Å². The van der Waals surface area contributed by atoms with Gasteiger partial charge in [-0.2, -0.15) is 13.2 Å². The number of hydrogen-bond donors (Lipinski definition) is 3. The Kier molecular flexibility index (Phi) is 10.0. The highest BCUT2D eigenvalue weighted by molar-refractivity contribution is 6.05. The first kappa shape index (κ1) is 31.4. The van der Waals surface area contributed by atoms with Crippen LogP contribution in [-0.2, 0) is 17.5 Å². The first-order valence-electron chi connectivity index (χ1n) is 13.0. The summed E-state index contributed by atoms with van der Waals surface area (Å²) in [5, 5.41) is 9.34. The predicted octanol–water partition coefficient (Wildman–Crippen LogP) is 6.22. The number of hydrazine groups is 2. The van der Waals surface area contributed by atoms with Crippen molar-refractivity contribution in [2.45, 2.75) is 53.4 Å². The molecule has 11 heteroatoms. The van der Waals surface area contributed by atoms with E-state index in [0.29, 0.717) is 17.0 Å². The molecule has 0 bridgehead atoms. The van der Waals surface area contributed by atoms with E-state index < -0.39 is 17.6 Å². The van der Waals surface area contributed by atoms with Gasteiger partial charge in [-0.1, -0.05) is 19.9 Å². The van der Waals surface area contributed by atoms with Crippen molar-refractivity contribution in [3.63, 3.8) is 0 Å². The Bertz CT molecular complexity index is 1400. The van der Waals surface area contributed by atoms with Gasteiger partial charge in [-0.3, -0.25) is 19.8 Å². The smallest absolute Gasteiger partial charge is 0.416 e. The first-order chi connectivity index (χ1) is 19.2. The average Bonchev–Trinajstić information content (AvgIpc) is 3.28. The molecule has 0 aliphatic carbocycles. The van der Waals surface area contributed by atoms with Gasteiger partial charge in [0, 0.05) is 48.9 Å². The van der Waals surface area contributed by atoms with E-state index in [9.17, 15) is 18.0 Å². The average molecular weight is 571 g/mol. The molecule has 0 atom stereocenters. The van der Waals surface area contributed by atoms with E-state index in [1.807, 2.05) is 47.0 Å². The number of alkyl halides is 3. The summed E-state index contributed by atoms with van der Waals surface area (Å²) in [7, 11) is 3.40. The van der Waals surface area contributed by atoms with Crippen LogP contribution in [-0.4, -0.2) is 37.8 Å². The lowest BCUT2D eigenvalue weighted by molar-refractivity contribution is -0.138. The number of rotatable bonds is 10. The first-order valence-corrected chi connectivity index (χ1v) is 13.0. The van der Waals surface area contributed by atoms with Crippen molar-refractivity contribution in [1.82, 2.24) is 15.9 Å². The van der Waals surface area contributed by atoms with E-state index >= 15 is 0 Å². The number of aliphatic imine (C=N–C) groups is 1. The van der Waals surface area contributed by atoms with E-state index in [0.717, 1.165) is 22.9 Å². The summed E-state index contributed by atoms with van der Waals surface area (Å²) in [4.78, 5) is 17.2. The lowest BCUT2D eigenvalue weighted by Crippen LogP contribution is -2.38. The molecule has 0 spiro atoms. The SMILES string of the molecule is C=N/C=C(\C=C(/C)OC)C1=CN(c2cc(C(=O)Nc3cc(CNC(C)C)c(C)c(C(F)(F)F)c3)ccc2C)NN1C. The number of allylic oxidation sites excluding steroid dienone is 2. The van der Waals surface area contributed by atoms with Crippen LogP contribution in [0.3, 0.4) is 0 Å². The van der Waals surface area contributed by atoms with E-state index in [1.54, 1.807) is 47.6 Å². The molecule has 0 aromatic heterocycles. The molecular weight excluding hydrogens is 533 g/mol. The van der Waals surface area contributed by atoms with Crippen LogP contribution in [0.15, 0.2) is 70.8 Å². The van der Waals surface area contributed by atoms with Crippen LogP contribution >= 0.6 is 0 Å². The van der Waals surface area contributed by atoms with Gasteiger partial charge in [-0.25, -0.2) is 0 Å². The van der Waals surface area contributed by atoms with Gasteiger partial charge in [-0.05, 0) is 74.5 Å². The highest BCUT2D eigenvalue weighted by Gasteiger charge is 2.34. The van der Waals surface area contributed by atoms with Crippen molar-refractivity contribution in [2.75, 3.05) is 24.5 Å². The van der Waals surface area contributed by atoms with Crippen LogP contribution in [0, 0.1) is 13.8 Å². The maximum absolute atomic E-state index is 13.8. The number of amides is 1. The number of anilines is 2. The van der Waals surface area contributed by atoms with Gasteiger partial charge in [0.05, 0.1) is 29.8 Å². The summed E-state index contributed by atoms with van der Waals surface area (Å²) in [5.41, 5.74) is 6.43. The molecule has 3 N–H and O–H groups in total. The molecule has 41 heavy (non-hydrogen) atoms. The summed E-state index contributed by atoms with van der Waals surface area (Å²) >= 11 is 0. The van der Waals surface area contributed by atoms with Gasteiger partial charge in [0.1, 0.15) is 0 Å². The molecule has 2 aromatic carbocycles. The molecule has 0 saturated carbocycles. The molecule has 1 aliphatic heterocycles. The minimum Gasteiger partial charge on any atom is -0.501 e. The number of ether oxygens (including phenoxy) is 1. The maximum Gasteiger partial charge on any atom is 0.416 e. The molecular formula is C30H37F3N6O2. The number of benzene rings is 2. The second-order valence-electron chi connectivity index (χ2n) is 10.1. The number of nitrogens with zero attached hydrogens (tertiary/aromatic N) is 3. The van der Waals surface area contributed by atoms with Gasteiger partial charge >= 0.3 is 6.18 Å². The fourth-order valence-electron chi connectivity index (χ4n) is 4.25. The van der Waals surface area contributed by atoms with Crippen LogP contribution in [0.2, 0.25) is 0 Å². The fraction of sp³-hybridized carbons (Fsp3) is 0.333. The lowest BCUT2D eigenvalue weighted by Gasteiger charge is -2.23. The third-order valence-corrected chi connectivity index (χ3v) is 6.59. The van der Waals surface area contributed by atoms with Gasteiger partial charge in [0.2, 0.25) is 0 Å². The van der Waals surface area contributed by atoms with E-state index in [-0.39, 0.29) is 29.4 Å². The quantitative estimate of drug-likeness (QED) is 0.179. The Hall–Kier alpha value is -4.09. The van der Waals surface area contributed by atoms with Crippen LogP contribution in [0.4, 0.5) is 24.5 Å². The number of methoxy groups -OCH3 is 1. The third kappa shape index (κ3) is 7.77. The highest BCUT2D eigenvalue weighted by Crippen LogP contribution is 2.36. The minimum absolute atomic E-state index is 0.0730. The molecule has 0 unspecified atom stereocenters. The number of carbonyl (C=O) groups excluding carboxylic acids is 1. The molecule has 1 aliphatic rings. The molecule has 2 aromatic rings. The van der Waals surface area contributed by atoms with Crippen molar-refractivity contribution >= 4 is 24.0 Å². The van der Waals surface area contributed by atoms with Crippen molar-refractivity contribution in [3.05, 3.63) is 93.7 Å².